The van der Waals surface area contributed by atoms with Gasteiger partial charge in [0.1, 0.15) is 0 Å². The quantitative estimate of drug-likeness (QED) is 0.301. The molecular formula is C15H28N8. The van der Waals surface area contributed by atoms with Gasteiger partial charge < -0.3 is 5.32 Å². The summed E-state index contributed by atoms with van der Waals surface area (Å²) in [4.78, 5) is 2.46. The molecule has 0 aromatic rings. The number of hydrogen-bond donors (Lipinski definition) is 6. The zero-order valence-electron chi connectivity index (χ0n) is 13.6. The van der Waals surface area contributed by atoms with Crippen LogP contribution in [0.3, 0.4) is 0 Å². The van der Waals surface area contributed by atoms with Gasteiger partial charge in [-0.1, -0.05) is 11.8 Å². The van der Waals surface area contributed by atoms with Crippen LogP contribution >= 0.6 is 0 Å². The number of hydrazine groups is 1. The molecule has 0 amide bonds. The van der Waals surface area contributed by atoms with E-state index in [2.05, 4.69) is 53.8 Å². The molecule has 4 unspecified atom stereocenters. The summed E-state index contributed by atoms with van der Waals surface area (Å²) in [5.41, 5.74) is 3.49. The Bertz CT molecular complexity index is 454. The third-order valence-electron chi connectivity index (χ3n) is 5.09. The highest BCUT2D eigenvalue weighted by Gasteiger charge is 2.35. The Kier molecular flexibility index (Phi) is 5.08. The average molecular weight is 320 g/mol. The van der Waals surface area contributed by atoms with Crippen LogP contribution in [0.5, 0.6) is 0 Å². The minimum atomic E-state index is 0.223. The summed E-state index contributed by atoms with van der Waals surface area (Å²) >= 11 is 0. The van der Waals surface area contributed by atoms with E-state index in [0.717, 1.165) is 52.7 Å². The maximum Gasteiger partial charge on any atom is 0.0883 e. The van der Waals surface area contributed by atoms with E-state index in [1.807, 2.05) is 0 Å². The first kappa shape index (κ1) is 15.7. The van der Waals surface area contributed by atoms with Crippen molar-refractivity contribution in [1.29, 1.82) is 0 Å². The van der Waals surface area contributed by atoms with Gasteiger partial charge in [0.05, 0.1) is 18.2 Å². The SMILES string of the molecule is C(#CC1NCNC2NCNC12)C1CNN(CCN2CCNC2)C1. The van der Waals surface area contributed by atoms with Gasteiger partial charge in [-0.15, -0.1) is 0 Å². The van der Waals surface area contributed by atoms with Crippen LogP contribution in [0.15, 0.2) is 0 Å². The summed E-state index contributed by atoms with van der Waals surface area (Å²) in [6.45, 7) is 9.17. The second-order valence-corrected chi connectivity index (χ2v) is 6.72. The van der Waals surface area contributed by atoms with E-state index in [9.17, 15) is 0 Å². The normalized spacial score (nSPS) is 38.4. The Balaban J connectivity index is 1.24. The van der Waals surface area contributed by atoms with E-state index in [1.54, 1.807) is 0 Å². The van der Waals surface area contributed by atoms with E-state index in [-0.39, 0.29) is 6.04 Å². The summed E-state index contributed by atoms with van der Waals surface area (Å²) in [6.07, 6.45) is 0.336. The first-order chi connectivity index (χ1) is 11.4. The molecule has 4 saturated heterocycles. The van der Waals surface area contributed by atoms with Crippen molar-refractivity contribution in [3.63, 3.8) is 0 Å². The molecule has 0 radical (unpaired) electrons. The van der Waals surface area contributed by atoms with Gasteiger partial charge >= 0.3 is 0 Å². The standard InChI is InChI=1S/C15H28N8/c1(2-13-14-15(19-9-17-13)20-10-18-14)12-7-21-23(8-12)6-5-22-4-3-16-11-22/h12-21H,3-11H2. The average Bonchev–Trinajstić information content (AvgIpc) is 3.31. The highest BCUT2D eigenvalue weighted by Crippen LogP contribution is 2.09. The zero-order chi connectivity index (χ0) is 15.5. The molecule has 4 aliphatic rings. The number of nitrogens with zero attached hydrogens (tertiary/aromatic N) is 2. The molecule has 4 heterocycles. The number of fused-ring (bicyclic) bond motifs is 1. The Morgan fingerprint density at radius 1 is 1.00 bits per heavy atom. The summed E-state index contributed by atoms with van der Waals surface area (Å²) in [6, 6.07) is 0.574. The molecule has 4 atom stereocenters. The fourth-order valence-corrected chi connectivity index (χ4v) is 3.70. The summed E-state index contributed by atoms with van der Waals surface area (Å²) in [5, 5.41) is 19.4. The minimum Gasteiger partial charge on any atom is -0.303 e. The van der Waals surface area contributed by atoms with Gasteiger partial charge in [0.25, 0.3) is 0 Å². The monoisotopic (exact) mass is 320 g/mol. The third-order valence-corrected chi connectivity index (χ3v) is 5.09. The zero-order valence-corrected chi connectivity index (χ0v) is 13.6. The van der Waals surface area contributed by atoms with Crippen molar-refractivity contribution >= 4 is 0 Å². The largest absolute Gasteiger partial charge is 0.303 e. The molecule has 0 bridgehead atoms. The molecule has 0 aromatic heterocycles. The molecule has 4 aliphatic heterocycles. The molecule has 6 N–H and O–H groups in total. The van der Waals surface area contributed by atoms with Crippen LogP contribution in [-0.4, -0.2) is 87.4 Å². The molecule has 23 heavy (non-hydrogen) atoms. The van der Waals surface area contributed by atoms with Gasteiger partial charge in [-0.05, 0) is 0 Å². The lowest BCUT2D eigenvalue weighted by molar-refractivity contribution is 0.207. The molecule has 128 valence electrons. The first-order valence-corrected chi connectivity index (χ1v) is 8.74. The minimum absolute atomic E-state index is 0.223. The lowest BCUT2D eigenvalue weighted by Gasteiger charge is -2.32. The third kappa shape index (κ3) is 3.84. The summed E-state index contributed by atoms with van der Waals surface area (Å²) in [5.74, 6) is 7.37. The highest BCUT2D eigenvalue weighted by molar-refractivity contribution is 5.18. The second-order valence-electron chi connectivity index (χ2n) is 6.72. The van der Waals surface area contributed by atoms with Crippen molar-refractivity contribution in [2.24, 2.45) is 5.92 Å². The van der Waals surface area contributed by atoms with Crippen LogP contribution in [0.1, 0.15) is 0 Å². The molecule has 4 fully saturated rings. The van der Waals surface area contributed by atoms with Gasteiger partial charge in [-0.2, -0.15) is 0 Å². The van der Waals surface area contributed by atoms with Crippen molar-refractivity contribution in [2.75, 3.05) is 59.3 Å². The fourth-order valence-electron chi connectivity index (χ4n) is 3.70. The molecule has 8 nitrogen and oxygen atoms in total. The predicted octanol–water partition coefficient (Wildman–Crippen LogP) is -3.35. The van der Waals surface area contributed by atoms with Crippen LogP contribution in [0.25, 0.3) is 0 Å². The Morgan fingerprint density at radius 3 is 2.78 bits per heavy atom. The molecular weight excluding hydrogens is 292 g/mol. The van der Waals surface area contributed by atoms with Gasteiger partial charge in [-0.3, -0.25) is 31.6 Å². The van der Waals surface area contributed by atoms with Crippen molar-refractivity contribution in [2.45, 2.75) is 18.2 Å². The van der Waals surface area contributed by atoms with Crippen LogP contribution in [-0.2, 0) is 0 Å². The number of nitrogens with one attached hydrogen (secondary N) is 6. The molecule has 0 spiro atoms. The Morgan fingerprint density at radius 2 is 1.91 bits per heavy atom. The van der Waals surface area contributed by atoms with Crippen molar-refractivity contribution in [3.8, 4) is 11.8 Å². The van der Waals surface area contributed by atoms with E-state index >= 15 is 0 Å². The van der Waals surface area contributed by atoms with Gasteiger partial charge in [0.15, 0.2) is 0 Å². The maximum atomic E-state index is 3.49. The Hall–Kier alpha value is -0.760. The van der Waals surface area contributed by atoms with Gasteiger partial charge in [0, 0.05) is 65.2 Å². The van der Waals surface area contributed by atoms with Crippen LogP contribution in [0, 0.1) is 17.8 Å². The summed E-state index contributed by atoms with van der Waals surface area (Å²) < 4.78 is 0. The van der Waals surface area contributed by atoms with Crippen molar-refractivity contribution in [1.82, 2.24) is 41.9 Å². The Labute approximate surface area is 138 Å². The smallest absolute Gasteiger partial charge is 0.0883 e. The predicted molar refractivity (Wildman–Crippen MR) is 88.9 cm³/mol. The second kappa shape index (κ2) is 7.42. The topological polar surface area (TPSA) is 78.7 Å². The number of hydrogen-bond acceptors (Lipinski definition) is 8. The van der Waals surface area contributed by atoms with Gasteiger partial charge in [-0.25, -0.2) is 5.01 Å². The maximum absolute atomic E-state index is 3.49. The highest BCUT2D eigenvalue weighted by atomic mass is 15.5. The lowest BCUT2D eigenvalue weighted by atomic mass is 10.0. The van der Waals surface area contributed by atoms with E-state index in [1.165, 1.54) is 6.54 Å². The van der Waals surface area contributed by atoms with Crippen LogP contribution < -0.4 is 32.0 Å². The summed E-state index contributed by atoms with van der Waals surface area (Å²) in [7, 11) is 0. The molecule has 8 heteroatoms. The molecule has 4 rings (SSSR count). The fraction of sp³-hybridized carbons (Fsp3) is 0.867. The number of rotatable bonds is 3. The van der Waals surface area contributed by atoms with Crippen molar-refractivity contribution < 1.29 is 0 Å². The van der Waals surface area contributed by atoms with E-state index in [0.29, 0.717) is 18.1 Å². The van der Waals surface area contributed by atoms with E-state index in [4.69, 9.17) is 0 Å². The first-order valence-electron chi connectivity index (χ1n) is 8.74. The lowest BCUT2D eigenvalue weighted by Crippen LogP contribution is -2.63. The molecule has 0 aliphatic carbocycles. The van der Waals surface area contributed by atoms with Crippen molar-refractivity contribution in [3.05, 3.63) is 0 Å². The molecule has 0 saturated carbocycles. The van der Waals surface area contributed by atoms with E-state index < -0.39 is 0 Å². The molecule has 0 aromatic carbocycles. The van der Waals surface area contributed by atoms with Gasteiger partial charge in [0.2, 0.25) is 0 Å². The van der Waals surface area contributed by atoms with Crippen LogP contribution in [0.2, 0.25) is 0 Å². The van der Waals surface area contributed by atoms with Crippen LogP contribution in [0.4, 0.5) is 0 Å².